The van der Waals surface area contributed by atoms with Crippen LogP contribution in [0.3, 0.4) is 0 Å². The Bertz CT molecular complexity index is 3370. The molecule has 9 rings (SSSR count). The Morgan fingerprint density at radius 2 is 1.23 bits per heavy atom. The van der Waals surface area contributed by atoms with Crippen molar-refractivity contribution in [2.75, 3.05) is 0 Å². The summed E-state index contributed by atoms with van der Waals surface area (Å²) in [4.78, 5) is 13.5. The van der Waals surface area contributed by atoms with E-state index in [0.717, 1.165) is 4.57 Å². The second-order valence-corrected chi connectivity index (χ2v) is 9.60. The summed E-state index contributed by atoms with van der Waals surface area (Å²) in [7, 11) is 0. The lowest BCUT2D eigenvalue weighted by Crippen LogP contribution is -2.04. The van der Waals surface area contributed by atoms with Crippen LogP contribution in [0, 0.1) is 0 Å². The van der Waals surface area contributed by atoms with E-state index in [9.17, 15) is 4.11 Å². The zero-order valence-corrected chi connectivity index (χ0v) is 22.3. The molecule has 0 aliphatic rings. The molecule has 44 heavy (non-hydrogen) atoms. The molecule has 4 heterocycles. The first-order valence-corrected chi connectivity index (χ1v) is 13.2. The molecule has 0 bridgehead atoms. The molecule has 0 aliphatic carbocycles. The second-order valence-electron chi connectivity index (χ2n) is 9.60. The number of nitrogens with zero attached hydrogens (tertiary/aromatic N) is 5. The molecule has 206 valence electrons. The summed E-state index contributed by atoms with van der Waals surface area (Å²) in [5, 5.41) is 0.564. The standard InChI is InChI=1S/C39H25N5/c1-2-12-26(13-3-1)32-24-38(44-34-19-9-5-14-27(34)28-15-6-10-20-35(28)44)42-39(41-32)31-17-7-11-21-36(31)43-33-18-8-4-16-29(33)30-22-23-40-25-37(30)43/h1-25H/i1D,2D,3D,5D,6D,7D,9D,10D,11D,12D,13D,14D,15D,17D,19D,20D,21D,24D. The molecular formula is C39H25N5. The second kappa shape index (κ2) is 9.75. The predicted molar refractivity (Wildman–Crippen MR) is 179 cm³/mol. The van der Waals surface area contributed by atoms with Crippen molar-refractivity contribution in [2.45, 2.75) is 0 Å². The van der Waals surface area contributed by atoms with Gasteiger partial charge in [-0.25, -0.2) is 9.97 Å². The Kier molecular flexibility index (Phi) is 2.80. The summed E-state index contributed by atoms with van der Waals surface area (Å²) >= 11 is 0. The quantitative estimate of drug-likeness (QED) is 0.208. The first-order chi connectivity index (χ1) is 29.3. The van der Waals surface area contributed by atoms with Crippen LogP contribution in [0.5, 0.6) is 0 Å². The molecule has 0 N–H and O–H groups in total. The van der Waals surface area contributed by atoms with Crippen LogP contribution in [0.4, 0.5) is 0 Å². The van der Waals surface area contributed by atoms with E-state index in [1.807, 2.05) is 0 Å². The highest BCUT2D eigenvalue weighted by atomic mass is 15.1. The number of benzene rings is 5. The van der Waals surface area contributed by atoms with Gasteiger partial charge in [-0.05, 0) is 36.3 Å². The fourth-order valence-corrected chi connectivity index (χ4v) is 5.42. The lowest BCUT2D eigenvalue weighted by Gasteiger charge is -2.15. The van der Waals surface area contributed by atoms with Gasteiger partial charge in [0, 0.05) is 44.9 Å². The van der Waals surface area contributed by atoms with Crippen LogP contribution < -0.4 is 0 Å². The Labute approximate surface area is 278 Å². The number of rotatable bonds is 4. The maximum Gasteiger partial charge on any atom is 0.164 e. The SMILES string of the molecule is [2H]c1c(-c2c([2H])c([2H])c([2H])c([2H])c2[2H])nc(-c2c([2H])c([2H])c([2H])c([2H])c2-n2c3ccccc3c3ccncc32)nc1-n1c2c([2H])c([2H])c([2H])c([2H])c2c2c([2H])c([2H])c([2H])c([2H])c21. The van der Waals surface area contributed by atoms with Gasteiger partial charge < -0.3 is 4.57 Å². The van der Waals surface area contributed by atoms with Crippen molar-refractivity contribution in [3.05, 3.63) is 151 Å². The molecular weight excluding hydrogens is 538 g/mol. The number of fused-ring (bicyclic) bond motifs is 6. The van der Waals surface area contributed by atoms with Crippen molar-refractivity contribution in [3.63, 3.8) is 0 Å². The van der Waals surface area contributed by atoms with Gasteiger partial charge in [0.2, 0.25) is 0 Å². The molecule has 0 fully saturated rings. The largest absolute Gasteiger partial charge is 0.307 e. The van der Waals surface area contributed by atoms with E-state index < -0.39 is 148 Å². The molecule has 0 amide bonds. The average molecular weight is 582 g/mol. The van der Waals surface area contributed by atoms with Crippen LogP contribution in [0.15, 0.2) is 151 Å². The third kappa shape index (κ3) is 3.69. The van der Waals surface area contributed by atoms with E-state index >= 15 is 0 Å². The highest BCUT2D eigenvalue weighted by molar-refractivity contribution is 6.10. The minimum Gasteiger partial charge on any atom is -0.307 e. The maximum absolute atomic E-state index is 9.65. The van der Waals surface area contributed by atoms with Crippen molar-refractivity contribution in [2.24, 2.45) is 0 Å². The third-order valence-corrected chi connectivity index (χ3v) is 7.23. The van der Waals surface area contributed by atoms with Crippen molar-refractivity contribution in [3.8, 4) is 34.2 Å². The van der Waals surface area contributed by atoms with Crippen LogP contribution in [-0.4, -0.2) is 24.1 Å². The van der Waals surface area contributed by atoms with Gasteiger partial charge in [0.1, 0.15) is 5.82 Å². The summed E-state index contributed by atoms with van der Waals surface area (Å²) in [6.45, 7) is 0. The van der Waals surface area contributed by atoms with E-state index in [2.05, 4.69) is 15.0 Å². The lowest BCUT2D eigenvalue weighted by molar-refractivity contribution is 1.04. The van der Waals surface area contributed by atoms with Gasteiger partial charge in [-0.15, -0.1) is 0 Å². The maximum atomic E-state index is 9.65. The van der Waals surface area contributed by atoms with Crippen LogP contribution in [0.2, 0.25) is 0 Å². The Balaban J connectivity index is 1.56. The molecule has 0 aliphatic heterocycles. The highest BCUT2D eigenvalue weighted by Gasteiger charge is 2.20. The van der Waals surface area contributed by atoms with E-state index in [1.165, 1.54) is 10.8 Å². The molecule has 5 nitrogen and oxygen atoms in total. The van der Waals surface area contributed by atoms with E-state index in [1.54, 1.807) is 36.5 Å². The Morgan fingerprint density at radius 1 is 0.545 bits per heavy atom. The summed E-state index contributed by atoms with van der Waals surface area (Å²) in [6.07, 6.45) is 3.03. The number of hydrogen-bond donors (Lipinski definition) is 0. The number of para-hydroxylation sites is 4. The fraction of sp³-hybridized carbons (Fsp3) is 0. The minimum absolute atomic E-state index is 0.225. The van der Waals surface area contributed by atoms with Gasteiger partial charge in [-0.1, -0.05) is 96.8 Å². The summed E-state index contributed by atoms with van der Waals surface area (Å²) in [5.41, 5.74) is -2.05. The lowest BCUT2D eigenvalue weighted by atomic mass is 10.1. The molecule has 0 unspecified atom stereocenters. The normalized spacial score (nSPS) is 17.4. The monoisotopic (exact) mass is 581 g/mol. The number of aromatic nitrogens is 5. The highest BCUT2D eigenvalue weighted by Crippen LogP contribution is 2.37. The topological polar surface area (TPSA) is 48.5 Å². The van der Waals surface area contributed by atoms with Gasteiger partial charge in [0.25, 0.3) is 0 Å². The van der Waals surface area contributed by atoms with Crippen molar-refractivity contribution in [1.29, 1.82) is 0 Å². The minimum atomic E-state index is -0.839. The van der Waals surface area contributed by atoms with Gasteiger partial charge in [0.05, 0.1) is 64.3 Å². The van der Waals surface area contributed by atoms with Crippen molar-refractivity contribution < 1.29 is 24.7 Å². The zero-order valence-electron chi connectivity index (χ0n) is 40.3. The van der Waals surface area contributed by atoms with Crippen LogP contribution in [-0.2, 0) is 0 Å². The molecule has 5 heteroatoms. The van der Waals surface area contributed by atoms with Crippen LogP contribution in [0.25, 0.3) is 77.8 Å². The predicted octanol–water partition coefficient (Wildman–Crippen LogP) is 9.40. The first-order valence-electron chi connectivity index (χ1n) is 22.2. The number of hydrogen-bond acceptors (Lipinski definition) is 3. The third-order valence-electron chi connectivity index (χ3n) is 7.23. The Morgan fingerprint density at radius 3 is 2.05 bits per heavy atom. The smallest absolute Gasteiger partial charge is 0.164 e. The van der Waals surface area contributed by atoms with E-state index in [-0.39, 0.29) is 16.5 Å². The average Bonchev–Trinajstić information content (AvgIpc) is 3.80. The van der Waals surface area contributed by atoms with Gasteiger partial charge in [-0.2, -0.15) is 0 Å². The van der Waals surface area contributed by atoms with Crippen molar-refractivity contribution in [1.82, 2.24) is 24.1 Å². The molecule has 0 radical (unpaired) electrons. The molecule has 0 spiro atoms. The summed E-state index contributed by atoms with van der Waals surface area (Å²) < 4.78 is 161. The van der Waals surface area contributed by atoms with Crippen molar-refractivity contribution >= 4 is 43.6 Å². The Hall–Kier alpha value is -6.07. The molecule has 0 saturated heterocycles. The fourth-order valence-electron chi connectivity index (χ4n) is 5.42. The number of pyridine rings is 1. The molecule has 0 saturated carbocycles. The summed E-state index contributed by atoms with van der Waals surface area (Å²) in [6, 6.07) is -4.86. The van der Waals surface area contributed by atoms with Gasteiger partial charge in [-0.3, -0.25) is 9.55 Å². The molecule has 5 aromatic carbocycles. The molecule has 4 aromatic heterocycles. The van der Waals surface area contributed by atoms with Gasteiger partial charge >= 0.3 is 0 Å². The molecule has 0 atom stereocenters. The van der Waals surface area contributed by atoms with Gasteiger partial charge in [0.15, 0.2) is 5.82 Å². The van der Waals surface area contributed by atoms with Crippen LogP contribution in [0.1, 0.15) is 24.7 Å². The summed E-state index contributed by atoms with van der Waals surface area (Å²) in [5.74, 6) is -1.31. The van der Waals surface area contributed by atoms with E-state index in [4.69, 9.17) is 20.6 Å². The molecule has 9 aromatic rings. The van der Waals surface area contributed by atoms with E-state index in [0.29, 0.717) is 21.8 Å². The van der Waals surface area contributed by atoms with Crippen LogP contribution >= 0.6 is 0 Å². The zero-order chi connectivity index (χ0) is 44.7. The first kappa shape index (κ1) is 12.7.